The van der Waals surface area contributed by atoms with Crippen molar-refractivity contribution in [1.29, 1.82) is 0 Å². The van der Waals surface area contributed by atoms with Gasteiger partial charge in [-0.1, -0.05) is 6.07 Å². The molecule has 0 aliphatic heterocycles. The van der Waals surface area contributed by atoms with Crippen LogP contribution < -0.4 is 15.2 Å². The van der Waals surface area contributed by atoms with Gasteiger partial charge in [-0.3, -0.25) is 0 Å². The van der Waals surface area contributed by atoms with E-state index in [0.717, 1.165) is 11.3 Å². The van der Waals surface area contributed by atoms with Crippen molar-refractivity contribution in [3.63, 3.8) is 0 Å². The van der Waals surface area contributed by atoms with Crippen LogP contribution in [-0.4, -0.2) is 16.7 Å². The van der Waals surface area contributed by atoms with Gasteiger partial charge in [0.2, 0.25) is 0 Å². The van der Waals surface area contributed by atoms with Gasteiger partial charge in [-0.2, -0.15) is 0 Å². The summed E-state index contributed by atoms with van der Waals surface area (Å²) < 4.78 is 13.3. The van der Waals surface area contributed by atoms with Gasteiger partial charge in [-0.15, -0.1) is 0 Å². The summed E-state index contributed by atoms with van der Waals surface area (Å²) in [6.45, 7) is 6.62. The van der Waals surface area contributed by atoms with Gasteiger partial charge >= 0.3 is 0 Å². The van der Waals surface area contributed by atoms with E-state index in [4.69, 9.17) is 15.2 Å². The molecule has 114 valence electrons. The fraction of sp³-hybridized carbons (Fsp3) is 0.438. The summed E-state index contributed by atoms with van der Waals surface area (Å²) in [6, 6.07) is 6.10. The van der Waals surface area contributed by atoms with Crippen LogP contribution in [0.5, 0.6) is 11.5 Å². The van der Waals surface area contributed by atoms with Crippen LogP contribution in [0.15, 0.2) is 30.7 Å². The molecule has 0 radical (unpaired) electrons. The number of nitrogens with zero attached hydrogens (tertiary/aromatic N) is 2. The molecule has 21 heavy (non-hydrogen) atoms. The molecule has 2 rings (SSSR count). The van der Waals surface area contributed by atoms with Gasteiger partial charge in [0.05, 0.1) is 25.3 Å². The number of hydrogen-bond donors (Lipinski definition) is 1. The molecular weight excluding hydrogens is 266 g/mol. The second-order valence-electron chi connectivity index (χ2n) is 5.37. The molecule has 0 aliphatic rings. The first-order valence-electron chi connectivity index (χ1n) is 7.10. The van der Waals surface area contributed by atoms with Crippen molar-refractivity contribution in [2.75, 3.05) is 7.11 Å². The van der Waals surface area contributed by atoms with E-state index in [1.54, 1.807) is 7.11 Å². The molecule has 0 amide bonds. The molecule has 0 saturated heterocycles. The van der Waals surface area contributed by atoms with Crippen LogP contribution >= 0.6 is 0 Å². The first-order chi connectivity index (χ1) is 10.0. The Kier molecular flexibility index (Phi) is 4.85. The number of ether oxygens (including phenoxy) is 2. The molecule has 5 heteroatoms. The van der Waals surface area contributed by atoms with Crippen molar-refractivity contribution in [3.8, 4) is 11.5 Å². The zero-order valence-corrected chi connectivity index (χ0v) is 13.0. The molecule has 5 nitrogen and oxygen atoms in total. The monoisotopic (exact) mass is 289 g/mol. The Hall–Kier alpha value is -2.01. The maximum atomic E-state index is 5.88. The number of hydrogen-bond acceptors (Lipinski definition) is 4. The van der Waals surface area contributed by atoms with Crippen molar-refractivity contribution >= 4 is 0 Å². The van der Waals surface area contributed by atoms with Gasteiger partial charge in [-0.05, 0) is 38.5 Å². The lowest BCUT2D eigenvalue weighted by molar-refractivity contribution is 0.273. The lowest BCUT2D eigenvalue weighted by Gasteiger charge is -2.15. The van der Waals surface area contributed by atoms with Gasteiger partial charge < -0.3 is 19.8 Å². The summed E-state index contributed by atoms with van der Waals surface area (Å²) in [5.74, 6) is 1.40. The van der Waals surface area contributed by atoms with Crippen LogP contribution in [0.3, 0.4) is 0 Å². The largest absolute Gasteiger partial charge is 0.493 e. The summed E-state index contributed by atoms with van der Waals surface area (Å²) in [5.41, 5.74) is 7.93. The maximum absolute atomic E-state index is 5.88. The molecule has 0 spiro atoms. The van der Waals surface area contributed by atoms with Crippen molar-refractivity contribution in [3.05, 3.63) is 42.0 Å². The molecule has 1 unspecified atom stereocenters. The summed E-state index contributed by atoms with van der Waals surface area (Å²) in [6.07, 6.45) is 3.64. The summed E-state index contributed by atoms with van der Waals surface area (Å²) in [7, 11) is 1.63. The Morgan fingerprint density at radius 3 is 2.62 bits per heavy atom. The minimum absolute atomic E-state index is 0.0321. The highest BCUT2D eigenvalue weighted by molar-refractivity contribution is 5.43. The third kappa shape index (κ3) is 3.55. The highest BCUT2D eigenvalue weighted by Gasteiger charge is 2.10. The van der Waals surface area contributed by atoms with E-state index in [9.17, 15) is 0 Å². The van der Waals surface area contributed by atoms with Crippen LogP contribution in [-0.2, 0) is 6.61 Å². The van der Waals surface area contributed by atoms with Crippen molar-refractivity contribution in [2.45, 2.75) is 39.5 Å². The molecule has 0 fully saturated rings. The quantitative estimate of drug-likeness (QED) is 0.887. The molecule has 1 aromatic carbocycles. The Labute approximate surface area is 125 Å². The molecule has 2 N–H and O–H groups in total. The minimum Gasteiger partial charge on any atom is -0.493 e. The molecule has 2 aromatic rings. The number of nitrogens with two attached hydrogens (primary N) is 1. The minimum atomic E-state index is -0.0321. The fourth-order valence-electron chi connectivity index (χ4n) is 2.15. The van der Waals surface area contributed by atoms with Gasteiger partial charge in [0.15, 0.2) is 11.5 Å². The zero-order valence-electron chi connectivity index (χ0n) is 13.0. The Morgan fingerprint density at radius 1 is 1.24 bits per heavy atom. The molecule has 1 heterocycles. The van der Waals surface area contributed by atoms with Gasteiger partial charge in [0.1, 0.15) is 6.61 Å². The lowest BCUT2D eigenvalue weighted by Crippen LogP contribution is -2.08. The maximum Gasteiger partial charge on any atom is 0.161 e. The summed E-state index contributed by atoms with van der Waals surface area (Å²) in [5, 5.41) is 0. The van der Waals surface area contributed by atoms with E-state index in [-0.39, 0.29) is 6.04 Å². The highest BCUT2D eigenvalue weighted by Crippen LogP contribution is 2.30. The third-order valence-corrected chi connectivity index (χ3v) is 3.39. The first-order valence-corrected chi connectivity index (χ1v) is 7.10. The topological polar surface area (TPSA) is 62.3 Å². The molecule has 1 aromatic heterocycles. The van der Waals surface area contributed by atoms with Crippen LogP contribution in [0.25, 0.3) is 0 Å². The average molecular weight is 289 g/mol. The number of rotatable bonds is 6. The predicted octanol–water partition coefficient (Wildman–Crippen LogP) is 3.07. The first kappa shape index (κ1) is 15.4. The Morgan fingerprint density at radius 2 is 2.00 bits per heavy atom. The normalized spacial score (nSPS) is 12.5. The Bertz CT molecular complexity index is 591. The third-order valence-electron chi connectivity index (χ3n) is 3.39. The second kappa shape index (κ2) is 6.63. The number of methoxy groups -OCH3 is 1. The summed E-state index contributed by atoms with van der Waals surface area (Å²) in [4.78, 5) is 4.17. The SMILES string of the molecule is COc1cc(C(C)N)ccc1OCc1cncn1C(C)C. The van der Waals surface area contributed by atoms with E-state index in [0.29, 0.717) is 24.1 Å². The van der Waals surface area contributed by atoms with E-state index in [1.807, 2.05) is 37.6 Å². The van der Waals surface area contributed by atoms with Crippen molar-refractivity contribution < 1.29 is 9.47 Å². The average Bonchev–Trinajstić information content (AvgIpc) is 2.93. The molecule has 0 bridgehead atoms. The zero-order chi connectivity index (χ0) is 15.4. The van der Waals surface area contributed by atoms with E-state index in [1.165, 1.54) is 0 Å². The van der Waals surface area contributed by atoms with Gasteiger partial charge in [0.25, 0.3) is 0 Å². The standard InChI is InChI=1S/C16H23N3O2/c1-11(2)19-10-18-8-14(19)9-21-15-6-5-13(12(3)17)7-16(15)20-4/h5-8,10-12H,9,17H2,1-4H3. The number of imidazole rings is 1. The van der Waals surface area contributed by atoms with Crippen LogP contribution in [0.4, 0.5) is 0 Å². The van der Waals surface area contributed by atoms with Gasteiger partial charge in [-0.25, -0.2) is 4.98 Å². The highest BCUT2D eigenvalue weighted by atomic mass is 16.5. The number of benzene rings is 1. The van der Waals surface area contributed by atoms with Crippen molar-refractivity contribution in [2.24, 2.45) is 5.73 Å². The Balaban J connectivity index is 2.14. The molecule has 0 aliphatic carbocycles. The number of aromatic nitrogens is 2. The lowest BCUT2D eigenvalue weighted by atomic mass is 10.1. The van der Waals surface area contributed by atoms with Gasteiger partial charge in [0, 0.05) is 12.1 Å². The van der Waals surface area contributed by atoms with Crippen LogP contribution in [0.2, 0.25) is 0 Å². The fourth-order valence-corrected chi connectivity index (χ4v) is 2.15. The smallest absolute Gasteiger partial charge is 0.161 e. The summed E-state index contributed by atoms with van der Waals surface area (Å²) >= 11 is 0. The van der Waals surface area contributed by atoms with Crippen molar-refractivity contribution in [1.82, 2.24) is 9.55 Å². The second-order valence-corrected chi connectivity index (χ2v) is 5.37. The van der Waals surface area contributed by atoms with E-state index in [2.05, 4.69) is 23.4 Å². The van der Waals surface area contributed by atoms with E-state index < -0.39 is 0 Å². The van der Waals surface area contributed by atoms with E-state index >= 15 is 0 Å². The molecule has 1 atom stereocenters. The molecular formula is C16H23N3O2. The van der Waals surface area contributed by atoms with Crippen LogP contribution in [0.1, 0.15) is 44.1 Å². The molecule has 0 saturated carbocycles. The predicted molar refractivity (Wildman–Crippen MR) is 82.5 cm³/mol. The van der Waals surface area contributed by atoms with Crippen LogP contribution in [0, 0.1) is 0 Å².